The molecule has 0 atom stereocenters. The van der Waals surface area contributed by atoms with Crippen molar-refractivity contribution in [1.82, 2.24) is 9.55 Å². The van der Waals surface area contributed by atoms with Crippen molar-refractivity contribution in [3.8, 4) is 0 Å². The fourth-order valence-corrected chi connectivity index (χ4v) is 3.72. The van der Waals surface area contributed by atoms with E-state index in [9.17, 15) is 14.7 Å². The summed E-state index contributed by atoms with van der Waals surface area (Å²) in [5.41, 5.74) is 0.411. The van der Waals surface area contributed by atoms with Crippen LogP contribution in [-0.4, -0.2) is 20.6 Å². The van der Waals surface area contributed by atoms with Crippen molar-refractivity contribution in [1.29, 1.82) is 0 Å². The number of aryl methyl sites for hydroxylation is 1. The van der Waals surface area contributed by atoms with Gasteiger partial charge in [0, 0.05) is 11.8 Å². The molecule has 8 heteroatoms. The summed E-state index contributed by atoms with van der Waals surface area (Å²) in [7, 11) is 0. The Morgan fingerprint density at radius 1 is 1.33 bits per heavy atom. The molecular formula is C16H12Cl2N2O3S. The van der Waals surface area contributed by atoms with E-state index in [4.69, 9.17) is 23.2 Å². The van der Waals surface area contributed by atoms with Crippen molar-refractivity contribution in [2.75, 3.05) is 0 Å². The number of hydrogen-bond donors (Lipinski definition) is 1. The zero-order chi connectivity index (χ0) is 17.4. The smallest absolute Gasteiger partial charge is 0.337 e. The minimum Gasteiger partial charge on any atom is -0.478 e. The van der Waals surface area contributed by atoms with Gasteiger partial charge in [0.15, 0.2) is 0 Å². The Bertz CT molecular complexity index is 1010. The lowest BCUT2D eigenvalue weighted by Gasteiger charge is -2.12. The summed E-state index contributed by atoms with van der Waals surface area (Å²) in [5, 5.41) is 11.7. The highest BCUT2D eigenvalue weighted by Crippen LogP contribution is 2.24. The fraction of sp³-hybridized carbons (Fsp3) is 0.188. The van der Waals surface area contributed by atoms with Gasteiger partial charge in [-0.15, -0.1) is 11.3 Å². The third-order valence-electron chi connectivity index (χ3n) is 3.64. The zero-order valence-corrected chi connectivity index (χ0v) is 14.9. The van der Waals surface area contributed by atoms with Gasteiger partial charge < -0.3 is 5.11 Å². The van der Waals surface area contributed by atoms with E-state index < -0.39 is 5.97 Å². The predicted octanol–water partition coefficient (Wildman–Crippen LogP) is 4.07. The van der Waals surface area contributed by atoms with Crippen LogP contribution in [0.25, 0.3) is 10.2 Å². The molecule has 0 aliphatic heterocycles. The number of carbonyl (C=O) groups is 1. The average Bonchev–Trinajstić information content (AvgIpc) is 2.97. The van der Waals surface area contributed by atoms with E-state index >= 15 is 0 Å². The Hall–Kier alpha value is -1.89. The minimum atomic E-state index is -1.13. The van der Waals surface area contributed by atoms with Crippen molar-refractivity contribution in [3.63, 3.8) is 0 Å². The maximum absolute atomic E-state index is 12.9. The first-order valence-corrected chi connectivity index (χ1v) is 8.74. The molecule has 0 saturated carbocycles. The lowest BCUT2D eigenvalue weighted by molar-refractivity contribution is 0.0699. The number of thiophene rings is 1. The van der Waals surface area contributed by atoms with Crippen LogP contribution in [-0.2, 0) is 13.0 Å². The third kappa shape index (κ3) is 2.92. The Morgan fingerprint density at radius 3 is 2.71 bits per heavy atom. The molecule has 0 saturated heterocycles. The van der Waals surface area contributed by atoms with E-state index in [0.29, 0.717) is 27.1 Å². The van der Waals surface area contributed by atoms with E-state index in [1.54, 1.807) is 18.2 Å². The Balaban J connectivity index is 2.20. The van der Waals surface area contributed by atoms with Gasteiger partial charge in [-0.1, -0.05) is 36.2 Å². The SMILES string of the molecule is CCc1nc2scc(C(=O)O)c2c(=O)n1Cc1ccc(Cl)c(Cl)c1. The molecule has 3 rings (SSSR count). The molecular weight excluding hydrogens is 371 g/mol. The quantitative estimate of drug-likeness (QED) is 0.737. The number of carboxylic acids is 1. The van der Waals surface area contributed by atoms with Gasteiger partial charge >= 0.3 is 5.97 Å². The molecule has 24 heavy (non-hydrogen) atoms. The van der Waals surface area contributed by atoms with Gasteiger partial charge in [0.05, 0.1) is 27.5 Å². The van der Waals surface area contributed by atoms with Crippen molar-refractivity contribution in [2.24, 2.45) is 0 Å². The molecule has 0 fully saturated rings. The summed E-state index contributed by atoms with van der Waals surface area (Å²) in [6.45, 7) is 2.14. The van der Waals surface area contributed by atoms with Crippen LogP contribution in [0.2, 0.25) is 10.0 Å². The monoisotopic (exact) mass is 382 g/mol. The number of aromatic nitrogens is 2. The van der Waals surface area contributed by atoms with Crippen LogP contribution >= 0.6 is 34.5 Å². The van der Waals surface area contributed by atoms with E-state index in [0.717, 1.165) is 16.9 Å². The van der Waals surface area contributed by atoms with Crippen LogP contribution < -0.4 is 5.56 Å². The second-order valence-corrected chi connectivity index (χ2v) is 6.83. The summed E-state index contributed by atoms with van der Waals surface area (Å²) in [6, 6.07) is 5.12. The highest BCUT2D eigenvalue weighted by atomic mass is 35.5. The molecule has 1 N–H and O–H groups in total. The molecule has 0 aliphatic rings. The lowest BCUT2D eigenvalue weighted by Crippen LogP contribution is -2.26. The average molecular weight is 383 g/mol. The van der Waals surface area contributed by atoms with Crippen LogP contribution in [0.15, 0.2) is 28.4 Å². The van der Waals surface area contributed by atoms with Crippen molar-refractivity contribution >= 4 is 50.7 Å². The molecule has 0 unspecified atom stereocenters. The molecule has 2 aromatic heterocycles. The number of aromatic carboxylic acids is 1. The number of nitrogens with zero attached hydrogens (tertiary/aromatic N) is 2. The van der Waals surface area contributed by atoms with E-state index in [2.05, 4.69) is 4.98 Å². The topological polar surface area (TPSA) is 72.2 Å². The summed E-state index contributed by atoms with van der Waals surface area (Å²) in [4.78, 5) is 29.1. The van der Waals surface area contributed by atoms with Crippen molar-refractivity contribution < 1.29 is 9.90 Å². The second kappa shape index (κ2) is 6.55. The van der Waals surface area contributed by atoms with Crippen LogP contribution in [0, 0.1) is 0 Å². The standard InChI is InChI=1S/C16H12Cl2N2O3S/c1-2-12-19-14-13(9(7-24-14)16(22)23)15(21)20(12)6-8-3-4-10(17)11(18)5-8/h3-5,7H,2,6H2,1H3,(H,22,23). The number of hydrogen-bond acceptors (Lipinski definition) is 4. The Morgan fingerprint density at radius 2 is 2.08 bits per heavy atom. The van der Waals surface area contributed by atoms with Crippen LogP contribution in [0.1, 0.15) is 28.7 Å². The largest absolute Gasteiger partial charge is 0.478 e. The fourth-order valence-electron chi connectivity index (χ4n) is 2.48. The van der Waals surface area contributed by atoms with Crippen LogP contribution in [0.3, 0.4) is 0 Å². The van der Waals surface area contributed by atoms with Crippen molar-refractivity contribution in [3.05, 3.63) is 60.9 Å². The number of fused-ring (bicyclic) bond motifs is 1. The lowest BCUT2D eigenvalue weighted by atomic mass is 10.2. The summed E-state index contributed by atoms with van der Waals surface area (Å²) in [5.74, 6) is -0.539. The maximum Gasteiger partial charge on any atom is 0.337 e. The number of rotatable bonds is 4. The van der Waals surface area contributed by atoms with Crippen LogP contribution in [0.4, 0.5) is 0 Å². The highest BCUT2D eigenvalue weighted by Gasteiger charge is 2.19. The van der Waals surface area contributed by atoms with Gasteiger partial charge in [-0.3, -0.25) is 9.36 Å². The predicted molar refractivity (Wildman–Crippen MR) is 95.8 cm³/mol. The van der Waals surface area contributed by atoms with Crippen LogP contribution in [0.5, 0.6) is 0 Å². The normalized spacial score (nSPS) is 11.1. The van der Waals surface area contributed by atoms with Gasteiger partial charge in [-0.05, 0) is 17.7 Å². The first kappa shape index (κ1) is 17.0. The maximum atomic E-state index is 12.9. The molecule has 0 radical (unpaired) electrons. The molecule has 2 heterocycles. The first-order valence-electron chi connectivity index (χ1n) is 7.10. The van der Waals surface area contributed by atoms with Crippen molar-refractivity contribution in [2.45, 2.75) is 19.9 Å². The van der Waals surface area contributed by atoms with Gasteiger partial charge in [0.2, 0.25) is 0 Å². The summed E-state index contributed by atoms with van der Waals surface area (Å²) in [6.07, 6.45) is 0.548. The van der Waals surface area contributed by atoms with E-state index in [1.165, 1.54) is 9.95 Å². The first-order chi connectivity index (χ1) is 11.4. The van der Waals surface area contributed by atoms with Gasteiger partial charge in [0.1, 0.15) is 10.7 Å². The summed E-state index contributed by atoms with van der Waals surface area (Å²) >= 11 is 13.1. The van der Waals surface area contributed by atoms with E-state index in [-0.39, 0.29) is 23.1 Å². The third-order valence-corrected chi connectivity index (χ3v) is 5.26. The molecule has 3 aromatic rings. The van der Waals surface area contributed by atoms with Gasteiger partial charge in [0.25, 0.3) is 5.56 Å². The Labute approximate surface area is 151 Å². The number of carboxylic acid groups (broad SMARTS) is 1. The van der Waals surface area contributed by atoms with E-state index in [1.807, 2.05) is 6.92 Å². The molecule has 0 amide bonds. The van der Waals surface area contributed by atoms with Gasteiger partial charge in [-0.25, -0.2) is 9.78 Å². The molecule has 0 aliphatic carbocycles. The zero-order valence-electron chi connectivity index (χ0n) is 12.5. The molecule has 124 valence electrons. The molecule has 0 spiro atoms. The minimum absolute atomic E-state index is 0.0157. The summed E-state index contributed by atoms with van der Waals surface area (Å²) < 4.78 is 1.49. The van der Waals surface area contributed by atoms with Gasteiger partial charge in [-0.2, -0.15) is 0 Å². The highest BCUT2D eigenvalue weighted by molar-refractivity contribution is 7.17. The number of halogens is 2. The number of benzene rings is 1. The molecule has 1 aromatic carbocycles. The molecule has 0 bridgehead atoms. The Kier molecular flexibility index (Phi) is 4.62. The molecule has 5 nitrogen and oxygen atoms in total. The second-order valence-electron chi connectivity index (χ2n) is 5.16.